The molecular weight excluding hydrogens is 479 g/mol. The van der Waals surface area contributed by atoms with Gasteiger partial charge in [-0.2, -0.15) is 0 Å². The molecule has 0 heterocycles. The third-order valence-corrected chi connectivity index (χ3v) is 5.14. The molecule has 0 unspecified atom stereocenters. The number of carbonyl (C=O) groups is 2. The molecule has 0 aliphatic heterocycles. The molecule has 0 amide bonds. The van der Waals surface area contributed by atoms with Crippen LogP contribution in [0.4, 0.5) is 0 Å². The summed E-state index contributed by atoms with van der Waals surface area (Å²) in [4.78, 5) is 23.7. The van der Waals surface area contributed by atoms with Crippen molar-refractivity contribution in [3.63, 3.8) is 0 Å². The third kappa shape index (κ3) is 5.60. The molecule has 0 N–H and O–H groups in total. The first kappa shape index (κ1) is 21.4. The maximum Gasteiger partial charge on any atom is 0.343 e. The Labute approximate surface area is 186 Å². The van der Waals surface area contributed by atoms with Gasteiger partial charge < -0.3 is 9.47 Å². The van der Waals surface area contributed by atoms with Gasteiger partial charge in [-0.05, 0) is 51.8 Å². The summed E-state index contributed by atoms with van der Waals surface area (Å²) in [6.45, 7) is 0.496. The zero-order valence-corrected chi connectivity index (χ0v) is 18.1. The van der Waals surface area contributed by atoms with E-state index in [1.807, 2.05) is 30.3 Å². The first-order valence-electron chi connectivity index (χ1n) is 8.60. The van der Waals surface area contributed by atoms with Crippen LogP contribution in [0.25, 0.3) is 0 Å². The molecule has 0 atom stereocenters. The van der Waals surface area contributed by atoms with Crippen molar-refractivity contribution in [2.75, 3.05) is 6.61 Å². The molecule has 3 aromatic carbocycles. The van der Waals surface area contributed by atoms with Gasteiger partial charge in [0.15, 0.2) is 12.0 Å². The molecule has 0 spiro atoms. The molecule has 0 saturated heterocycles. The first-order valence-corrected chi connectivity index (χ1v) is 10.2. The molecule has 0 fully saturated rings. The Morgan fingerprint density at radius 3 is 2.48 bits per heavy atom. The summed E-state index contributed by atoms with van der Waals surface area (Å²) in [7, 11) is 0. The Balaban J connectivity index is 1.68. The van der Waals surface area contributed by atoms with Gasteiger partial charge in [0.05, 0.1) is 27.2 Å². The molecule has 3 aromatic rings. The quantitative estimate of drug-likeness (QED) is 0.217. The van der Waals surface area contributed by atoms with Gasteiger partial charge in [0.2, 0.25) is 0 Å². The Kier molecular flexibility index (Phi) is 7.31. The summed E-state index contributed by atoms with van der Waals surface area (Å²) in [5.74, 6) is -0.0835. The highest BCUT2D eigenvalue weighted by Gasteiger charge is 2.17. The topological polar surface area (TPSA) is 52.6 Å². The SMILES string of the molecule is O=Cc1cc(Cl)cc(Cl)c1OC(=O)c1ccc(OCCc2ccccc2)c(Br)c1. The lowest BCUT2D eigenvalue weighted by atomic mass is 10.2. The summed E-state index contributed by atoms with van der Waals surface area (Å²) in [5, 5.41) is 0.351. The molecule has 0 aliphatic carbocycles. The van der Waals surface area contributed by atoms with Crippen molar-refractivity contribution in [3.05, 3.63) is 91.9 Å². The normalized spacial score (nSPS) is 10.4. The monoisotopic (exact) mass is 492 g/mol. The van der Waals surface area contributed by atoms with Crippen molar-refractivity contribution in [1.29, 1.82) is 0 Å². The predicted molar refractivity (Wildman–Crippen MR) is 117 cm³/mol. The van der Waals surface area contributed by atoms with E-state index in [2.05, 4.69) is 15.9 Å². The number of rotatable bonds is 7. The predicted octanol–water partition coefficient (Wildman–Crippen LogP) is 6.41. The van der Waals surface area contributed by atoms with Crippen molar-refractivity contribution in [2.45, 2.75) is 6.42 Å². The van der Waals surface area contributed by atoms with Crippen LogP contribution in [0.15, 0.2) is 65.1 Å². The van der Waals surface area contributed by atoms with Gasteiger partial charge in [0, 0.05) is 11.4 Å². The van der Waals surface area contributed by atoms with Crippen molar-refractivity contribution in [1.82, 2.24) is 0 Å². The fourth-order valence-electron chi connectivity index (χ4n) is 2.60. The minimum absolute atomic E-state index is 0.0321. The van der Waals surface area contributed by atoms with Gasteiger partial charge in [0.1, 0.15) is 5.75 Å². The number of hydrogen-bond donors (Lipinski definition) is 0. The van der Waals surface area contributed by atoms with E-state index in [0.717, 1.165) is 6.42 Å². The molecule has 0 radical (unpaired) electrons. The fourth-order valence-corrected chi connectivity index (χ4v) is 3.64. The molecule has 4 nitrogen and oxygen atoms in total. The van der Waals surface area contributed by atoms with Crippen LogP contribution in [-0.2, 0) is 6.42 Å². The second-order valence-corrected chi connectivity index (χ2v) is 7.74. The number of benzene rings is 3. The van der Waals surface area contributed by atoms with Gasteiger partial charge in [-0.15, -0.1) is 0 Å². The van der Waals surface area contributed by atoms with Gasteiger partial charge in [-0.25, -0.2) is 4.79 Å². The molecule has 0 aliphatic rings. The van der Waals surface area contributed by atoms with E-state index in [-0.39, 0.29) is 26.9 Å². The molecule has 29 heavy (non-hydrogen) atoms. The summed E-state index contributed by atoms with van der Waals surface area (Å²) < 4.78 is 11.7. The van der Waals surface area contributed by atoms with E-state index in [0.29, 0.717) is 23.1 Å². The molecular formula is C22H15BrCl2O4. The third-order valence-electron chi connectivity index (χ3n) is 4.02. The summed E-state index contributed by atoms with van der Waals surface area (Å²) in [5.41, 5.74) is 1.54. The summed E-state index contributed by atoms with van der Waals surface area (Å²) in [6.07, 6.45) is 1.29. The lowest BCUT2D eigenvalue weighted by Crippen LogP contribution is -2.11. The zero-order chi connectivity index (χ0) is 20.8. The molecule has 3 rings (SSSR count). The molecule has 148 valence electrons. The highest BCUT2D eigenvalue weighted by molar-refractivity contribution is 9.10. The standard InChI is InChI=1S/C22H15BrCl2O4/c23-18-11-15(6-7-20(18)28-9-8-14-4-2-1-3-5-14)22(27)29-21-16(13-26)10-17(24)12-19(21)25/h1-7,10-13H,8-9H2. The number of hydrogen-bond acceptors (Lipinski definition) is 4. The van der Waals surface area contributed by atoms with Crippen molar-refractivity contribution >= 4 is 51.4 Å². The highest BCUT2D eigenvalue weighted by Crippen LogP contribution is 2.33. The van der Waals surface area contributed by atoms with Crippen LogP contribution >= 0.6 is 39.1 Å². The van der Waals surface area contributed by atoms with E-state index < -0.39 is 5.97 Å². The minimum Gasteiger partial charge on any atom is -0.492 e. The summed E-state index contributed by atoms with van der Waals surface area (Å²) >= 11 is 15.3. The highest BCUT2D eigenvalue weighted by atomic mass is 79.9. The number of aldehydes is 1. The average molecular weight is 494 g/mol. The largest absolute Gasteiger partial charge is 0.492 e. The Morgan fingerprint density at radius 2 is 1.79 bits per heavy atom. The number of carbonyl (C=O) groups excluding carboxylic acids is 2. The first-order chi connectivity index (χ1) is 14.0. The molecule has 0 aromatic heterocycles. The Bertz CT molecular complexity index is 1040. The minimum atomic E-state index is -0.658. The maximum atomic E-state index is 12.5. The van der Waals surface area contributed by atoms with Crippen molar-refractivity contribution in [2.24, 2.45) is 0 Å². The Hall–Kier alpha value is -2.34. The van der Waals surface area contributed by atoms with Crippen LogP contribution in [0.2, 0.25) is 10.0 Å². The summed E-state index contributed by atoms with van der Waals surface area (Å²) in [6, 6.07) is 17.6. The van der Waals surface area contributed by atoms with E-state index in [9.17, 15) is 9.59 Å². The van der Waals surface area contributed by atoms with Crippen LogP contribution in [0.3, 0.4) is 0 Å². The zero-order valence-electron chi connectivity index (χ0n) is 15.0. The van der Waals surface area contributed by atoms with Crippen LogP contribution in [0.5, 0.6) is 11.5 Å². The smallest absolute Gasteiger partial charge is 0.343 e. The van der Waals surface area contributed by atoms with E-state index >= 15 is 0 Å². The Morgan fingerprint density at radius 1 is 1.03 bits per heavy atom. The van der Waals surface area contributed by atoms with Crippen LogP contribution in [-0.4, -0.2) is 18.9 Å². The van der Waals surface area contributed by atoms with Crippen molar-refractivity contribution < 1.29 is 19.1 Å². The molecule has 0 saturated carbocycles. The van der Waals surface area contributed by atoms with E-state index in [1.165, 1.54) is 17.7 Å². The van der Waals surface area contributed by atoms with Crippen LogP contribution < -0.4 is 9.47 Å². The van der Waals surface area contributed by atoms with Gasteiger partial charge in [-0.1, -0.05) is 53.5 Å². The number of halogens is 3. The lowest BCUT2D eigenvalue weighted by molar-refractivity contribution is 0.0733. The van der Waals surface area contributed by atoms with E-state index in [4.69, 9.17) is 32.7 Å². The van der Waals surface area contributed by atoms with Gasteiger partial charge in [0.25, 0.3) is 0 Å². The van der Waals surface area contributed by atoms with Crippen LogP contribution in [0, 0.1) is 0 Å². The van der Waals surface area contributed by atoms with Gasteiger partial charge >= 0.3 is 5.97 Å². The lowest BCUT2D eigenvalue weighted by Gasteiger charge is -2.11. The second-order valence-electron chi connectivity index (χ2n) is 6.04. The van der Waals surface area contributed by atoms with E-state index in [1.54, 1.807) is 18.2 Å². The number of esters is 1. The molecule has 7 heteroatoms. The van der Waals surface area contributed by atoms with Gasteiger partial charge in [-0.3, -0.25) is 4.79 Å². The average Bonchev–Trinajstić information content (AvgIpc) is 2.71. The number of ether oxygens (including phenoxy) is 2. The second kappa shape index (κ2) is 9.92. The van der Waals surface area contributed by atoms with Crippen LogP contribution in [0.1, 0.15) is 26.3 Å². The maximum absolute atomic E-state index is 12.5. The van der Waals surface area contributed by atoms with Crippen molar-refractivity contribution in [3.8, 4) is 11.5 Å². The molecule has 0 bridgehead atoms. The fraction of sp³-hybridized carbons (Fsp3) is 0.0909.